The first-order valence-corrected chi connectivity index (χ1v) is 16.1. The van der Waals surface area contributed by atoms with Crippen LogP contribution in [0.3, 0.4) is 0 Å². The van der Waals surface area contributed by atoms with E-state index < -0.39 is 12.1 Å². The van der Waals surface area contributed by atoms with Crippen molar-refractivity contribution in [3.8, 4) is 28.4 Å². The zero-order chi connectivity index (χ0) is 34.0. The number of pyridine rings is 2. The molecule has 0 unspecified atom stereocenters. The average Bonchev–Trinajstić information content (AvgIpc) is 3.07. The first kappa shape index (κ1) is 36.0. The van der Waals surface area contributed by atoms with Gasteiger partial charge in [-0.15, -0.1) is 0 Å². The highest BCUT2D eigenvalue weighted by Crippen LogP contribution is 2.43. The van der Waals surface area contributed by atoms with Gasteiger partial charge >= 0.3 is 12.1 Å². The standard InChI is InChI=1S/C32H44N4O4.C2HF3O2/c1-4-5-14-36-21-28(26-8-13-34-19-27(26)32(36)37)25-17-29(38-2)31(30(18-25)39-3)40-22-24-9-15-35(16-10-24)20-23-6-11-33-12-7-23;3-2(4,5)1(6)7/h8,13,17-19,21,23-24,33H,4-7,9-12,14-16,20,22H2,1-3H3;(H,6,7). The first-order valence-electron chi connectivity index (χ1n) is 16.1. The normalized spacial score (nSPS) is 16.4. The van der Waals surface area contributed by atoms with Crippen LogP contribution in [-0.2, 0) is 11.3 Å². The van der Waals surface area contributed by atoms with E-state index in [1.807, 2.05) is 24.4 Å². The fourth-order valence-corrected chi connectivity index (χ4v) is 6.11. The number of fused-ring (bicyclic) bond motifs is 1. The second-order valence-corrected chi connectivity index (χ2v) is 12.1. The number of hydrogen-bond acceptors (Lipinski definition) is 8. The van der Waals surface area contributed by atoms with Crippen LogP contribution in [0.1, 0.15) is 45.4 Å². The van der Waals surface area contributed by atoms with Gasteiger partial charge in [0.15, 0.2) is 11.5 Å². The molecule has 10 nitrogen and oxygen atoms in total. The molecule has 47 heavy (non-hydrogen) atoms. The van der Waals surface area contributed by atoms with Crippen molar-refractivity contribution < 1.29 is 37.3 Å². The molecule has 2 saturated heterocycles. The number of carboxylic acid groups (broad SMARTS) is 1. The molecule has 3 aromatic rings. The number of hydrogen-bond donors (Lipinski definition) is 2. The molecule has 0 atom stereocenters. The summed E-state index contributed by atoms with van der Waals surface area (Å²) >= 11 is 0. The molecule has 2 N–H and O–H groups in total. The van der Waals surface area contributed by atoms with Gasteiger partial charge in [-0.25, -0.2) is 4.79 Å². The summed E-state index contributed by atoms with van der Waals surface area (Å²) in [4.78, 5) is 28.9. The number of piperidine rings is 2. The SMILES string of the molecule is CCCCn1cc(-c2cc(OC)c(OCC3CCN(CC4CCNCC4)CC3)c(OC)c2)c2ccncc2c1=O.O=C(O)C(F)(F)F. The molecule has 0 saturated carbocycles. The molecule has 0 bridgehead atoms. The number of halogens is 3. The van der Waals surface area contributed by atoms with Gasteiger partial charge in [0.05, 0.1) is 26.2 Å². The minimum atomic E-state index is -5.08. The number of rotatable bonds is 11. The van der Waals surface area contributed by atoms with Crippen molar-refractivity contribution in [3.05, 3.63) is 47.1 Å². The lowest BCUT2D eigenvalue weighted by Crippen LogP contribution is -2.41. The van der Waals surface area contributed by atoms with E-state index in [4.69, 9.17) is 24.1 Å². The number of likely N-dealkylation sites (tertiary alicyclic amines) is 1. The van der Waals surface area contributed by atoms with Crippen LogP contribution in [0.15, 0.2) is 41.6 Å². The second kappa shape index (κ2) is 16.8. The molecule has 2 aliphatic rings. The molecule has 2 aromatic heterocycles. The van der Waals surface area contributed by atoms with Gasteiger partial charge in [-0.1, -0.05) is 13.3 Å². The lowest BCUT2D eigenvalue weighted by atomic mass is 9.94. The molecule has 258 valence electrons. The Bertz CT molecular complexity index is 1510. The van der Waals surface area contributed by atoms with Gasteiger partial charge in [0.2, 0.25) is 5.75 Å². The maximum atomic E-state index is 13.1. The van der Waals surface area contributed by atoms with Crippen LogP contribution in [0.5, 0.6) is 17.2 Å². The van der Waals surface area contributed by atoms with Crippen LogP contribution >= 0.6 is 0 Å². The number of alkyl halides is 3. The van der Waals surface area contributed by atoms with Gasteiger partial charge in [0.25, 0.3) is 5.56 Å². The highest BCUT2D eigenvalue weighted by atomic mass is 19.4. The third-order valence-corrected chi connectivity index (χ3v) is 8.80. The van der Waals surface area contributed by atoms with Crippen LogP contribution in [0, 0.1) is 11.8 Å². The van der Waals surface area contributed by atoms with E-state index in [1.165, 1.54) is 19.4 Å². The monoisotopic (exact) mass is 662 g/mol. The average molecular weight is 663 g/mol. The smallest absolute Gasteiger partial charge is 0.490 e. The van der Waals surface area contributed by atoms with Gasteiger partial charge in [-0.2, -0.15) is 13.2 Å². The number of methoxy groups -OCH3 is 2. The fraction of sp³-hybridized carbons (Fsp3) is 0.559. The summed E-state index contributed by atoms with van der Waals surface area (Å²) in [6, 6.07) is 5.88. The lowest BCUT2D eigenvalue weighted by Gasteiger charge is -2.35. The summed E-state index contributed by atoms with van der Waals surface area (Å²) in [5.41, 5.74) is 1.84. The first-order chi connectivity index (χ1) is 22.5. The molecule has 5 rings (SSSR count). The van der Waals surface area contributed by atoms with Crippen LogP contribution in [0.25, 0.3) is 21.9 Å². The summed E-state index contributed by atoms with van der Waals surface area (Å²) in [6.45, 7) is 9.27. The summed E-state index contributed by atoms with van der Waals surface area (Å²) in [7, 11) is 3.32. The number of unbranched alkanes of at least 4 members (excludes halogenated alkanes) is 1. The van der Waals surface area contributed by atoms with E-state index >= 15 is 0 Å². The largest absolute Gasteiger partial charge is 0.493 e. The summed E-state index contributed by atoms with van der Waals surface area (Å²) in [5, 5.41) is 12.1. The molecular formula is C34H45F3N4O6. The number of carbonyl (C=O) groups is 1. The Morgan fingerprint density at radius 3 is 2.26 bits per heavy atom. The Kier molecular flexibility index (Phi) is 12.9. The zero-order valence-electron chi connectivity index (χ0n) is 27.3. The molecule has 4 heterocycles. The minimum absolute atomic E-state index is 0.0130. The van der Waals surface area contributed by atoms with E-state index in [1.54, 1.807) is 31.2 Å². The van der Waals surface area contributed by atoms with Gasteiger partial charge in [-0.05, 0) is 99.3 Å². The summed E-state index contributed by atoms with van der Waals surface area (Å²) in [5.74, 6) is 0.485. The van der Waals surface area contributed by atoms with E-state index in [0.29, 0.717) is 41.7 Å². The molecule has 0 spiro atoms. The van der Waals surface area contributed by atoms with E-state index in [2.05, 4.69) is 22.1 Å². The van der Waals surface area contributed by atoms with Crippen molar-refractivity contribution in [1.82, 2.24) is 19.8 Å². The third kappa shape index (κ3) is 9.60. The van der Waals surface area contributed by atoms with Gasteiger partial charge in [-0.3, -0.25) is 9.78 Å². The number of nitrogens with one attached hydrogen (secondary N) is 1. The number of carboxylic acids is 1. The zero-order valence-corrected chi connectivity index (χ0v) is 27.3. The fourth-order valence-electron chi connectivity index (χ4n) is 6.11. The molecule has 1 aromatic carbocycles. The van der Waals surface area contributed by atoms with Crippen molar-refractivity contribution in [2.75, 3.05) is 53.6 Å². The van der Waals surface area contributed by atoms with Crippen LogP contribution in [0.2, 0.25) is 0 Å². The maximum Gasteiger partial charge on any atom is 0.490 e. The highest BCUT2D eigenvalue weighted by Gasteiger charge is 2.38. The summed E-state index contributed by atoms with van der Waals surface area (Å²) < 4.78 is 51.6. The molecule has 0 aliphatic carbocycles. The Morgan fingerprint density at radius 2 is 1.68 bits per heavy atom. The number of aryl methyl sites for hydroxylation is 1. The molecule has 2 fully saturated rings. The highest BCUT2D eigenvalue weighted by molar-refractivity contribution is 5.96. The molecule has 2 aliphatic heterocycles. The Balaban J connectivity index is 0.000000644. The van der Waals surface area contributed by atoms with Crippen molar-refractivity contribution in [1.29, 1.82) is 0 Å². The molecule has 0 amide bonds. The van der Waals surface area contributed by atoms with E-state index in [-0.39, 0.29) is 5.56 Å². The number of ether oxygens (including phenoxy) is 3. The van der Waals surface area contributed by atoms with Crippen LogP contribution in [-0.4, -0.2) is 85.3 Å². The minimum Gasteiger partial charge on any atom is -0.493 e. The van der Waals surface area contributed by atoms with E-state index in [9.17, 15) is 18.0 Å². The van der Waals surface area contributed by atoms with Gasteiger partial charge < -0.3 is 34.1 Å². The predicted molar refractivity (Wildman–Crippen MR) is 173 cm³/mol. The topological polar surface area (TPSA) is 115 Å². The Labute approximate surface area is 272 Å². The quantitative estimate of drug-likeness (QED) is 0.271. The van der Waals surface area contributed by atoms with Crippen LogP contribution in [0.4, 0.5) is 13.2 Å². The second-order valence-electron chi connectivity index (χ2n) is 12.1. The number of aromatic nitrogens is 2. The Morgan fingerprint density at radius 1 is 1.04 bits per heavy atom. The summed E-state index contributed by atoms with van der Waals surface area (Å²) in [6.07, 6.45) is 7.08. The van der Waals surface area contributed by atoms with Crippen molar-refractivity contribution in [2.24, 2.45) is 11.8 Å². The van der Waals surface area contributed by atoms with Crippen LogP contribution < -0.4 is 25.1 Å². The number of aliphatic carboxylic acids is 1. The lowest BCUT2D eigenvalue weighted by molar-refractivity contribution is -0.192. The van der Waals surface area contributed by atoms with Crippen molar-refractivity contribution >= 4 is 16.7 Å². The van der Waals surface area contributed by atoms with Crippen molar-refractivity contribution in [3.63, 3.8) is 0 Å². The molecular weight excluding hydrogens is 617 g/mol. The maximum absolute atomic E-state index is 13.1. The predicted octanol–water partition coefficient (Wildman–Crippen LogP) is 5.60. The van der Waals surface area contributed by atoms with Crippen molar-refractivity contribution in [2.45, 2.75) is 58.2 Å². The molecule has 13 heteroatoms. The Hall–Kier alpha value is -3.84. The number of nitrogens with zero attached hydrogens (tertiary/aromatic N) is 3. The van der Waals surface area contributed by atoms with Gasteiger partial charge in [0, 0.05) is 37.2 Å². The van der Waals surface area contributed by atoms with Gasteiger partial charge in [0.1, 0.15) is 0 Å². The van der Waals surface area contributed by atoms with E-state index in [0.717, 1.165) is 74.3 Å². The molecule has 0 radical (unpaired) electrons. The third-order valence-electron chi connectivity index (χ3n) is 8.80. The number of benzene rings is 1.